The first-order valence-electron chi connectivity index (χ1n) is 5.98. The molecule has 1 aliphatic carbocycles. The third-order valence-electron chi connectivity index (χ3n) is 3.29. The summed E-state index contributed by atoms with van der Waals surface area (Å²) < 4.78 is 5.09. The van der Waals surface area contributed by atoms with Crippen molar-refractivity contribution in [3.8, 4) is 11.8 Å². The van der Waals surface area contributed by atoms with E-state index in [4.69, 9.17) is 10.00 Å². The first-order valence-corrected chi connectivity index (χ1v) is 5.98. The molecule has 0 radical (unpaired) electrons. The van der Waals surface area contributed by atoms with Gasteiger partial charge in [0.25, 0.3) is 0 Å². The summed E-state index contributed by atoms with van der Waals surface area (Å²) in [4.78, 5) is 12.0. The minimum absolute atomic E-state index is 0.0260. The van der Waals surface area contributed by atoms with Crippen LogP contribution in [0.2, 0.25) is 0 Å². The van der Waals surface area contributed by atoms with Crippen LogP contribution in [-0.2, 0) is 0 Å². The van der Waals surface area contributed by atoms with Gasteiger partial charge in [-0.2, -0.15) is 5.26 Å². The zero-order chi connectivity index (χ0) is 13.0. The van der Waals surface area contributed by atoms with Gasteiger partial charge in [0.15, 0.2) is 5.78 Å². The lowest BCUT2D eigenvalue weighted by Gasteiger charge is -2.13. The van der Waals surface area contributed by atoms with Crippen LogP contribution in [0.5, 0.6) is 5.75 Å². The second-order valence-corrected chi connectivity index (χ2v) is 4.62. The van der Waals surface area contributed by atoms with E-state index in [1.54, 1.807) is 25.3 Å². The van der Waals surface area contributed by atoms with Crippen molar-refractivity contribution in [2.45, 2.75) is 24.8 Å². The molecule has 2 rings (SSSR count). The lowest BCUT2D eigenvalue weighted by atomic mass is 10.1. The van der Waals surface area contributed by atoms with E-state index in [0.717, 1.165) is 12.8 Å². The van der Waals surface area contributed by atoms with Gasteiger partial charge in [-0.1, -0.05) is 12.1 Å². The SMILES string of the molecule is COc1cccc(C(=O)CNC2(CC#N)CC2)c1. The van der Waals surface area contributed by atoms with Gasteiger partial charge in [0.05, 0.1) is 26.1 Å². The summed E-state index contributed by atoms with van der Waals surface area (Å²) in [7, 11) is 1.58. The highest BCUT2D eigenvalue weighted by molar-refractivity contribution is 5.98. The highest BCUT2D eigenvalue weighted by Gasteiger charge is 2.42. The molecule has 0 atom stereocenters. The second-order valence-electron chi connectivity index (χ2n) is 4.62. The van der Waals surface area contributed by atoms with E-state index in [0.29, 0.717) is 17.7 Å². The third-order valence-corrected chi connectivity index (χ3v) is 3.29. The number of Topliss-reactive ketones (excluding diaryl/α,β-unsaturated/α-hetero) is 1. The van der Waals surface area contributed by atoms with Gasteiger partial charge in [-0.3, -0.25) is 4.79 Å². The number of ether oxygens (including phenoxy) is 1. The first-order chi connectivity index (χ1) is 8.69. The van der Waals surface area contributed by atoms with Crippen LogP contribution >= 0.6 is 0 Å². The molecular weight excluding hydrogens is 228 g/mol. The molecule has 1 aromatic rings. The van der Waals surface area contributed by atoms with E-state index in [1.807, 2.05) is 6.07 Å². The molecule has 94 valence electrons. The fourth-order valence-corrected chi connectivity index (χ4v) is 1.88. The molecule has 0 heterocycles. The summed E-state index contributed by atoms with van der Waals surface area (Å²) in [6, 6.07) is 9.27. The van der Waals surface area contributed by atoms with Gasteiger partial charge in [-0.05, 0) is 25.0 Å². The predicted molar refractivity (Wildman–Crippen MR) is 67.5 cm³/mol. The van der Waals surface area contributed by atoms with Crippen LogP contribution in [0.15, 0.2) is 24.3 Å². The molecule has 0 saturated heterocycles. The molecule has 0 amide bonds. The number of benzene rings is 1. The number of hydrogen-bond acceptors (Lipinski definition) is 4. The molecule has 1 aliphatic rings. The van der Waals surface area contributed by atoms with Crippen molar-refractivity contribution in [2.24, 2.45) is 0 Å². The van der Waals surface area contributed by atoms with Crippen molar-refractivity contribution in [1.29, 1.82) is 5.26 Å². The maximum Gasteiger partial charge on any atom is 0.176 e. The van der Waals surface area contributed by atoms with Gasteiger partial charge in [-0.25, -0.2) is 0 Å². The van der Waals surface area contributed by atoms with Crippen LogP contribution in [0.3, 0.4) is 0 Å². The van der Waals surface area contributed by atoms with Crippen LogP contribution in [0.25, 0.3) is 0 Å². The fraction of sp³-hybridized carbons (Fsp3) is 0.429. The Balaban J connectivity index is 1.94. The minimum Gasteiger partial charge on any atom is -0.497 e. The van der Waals surface area contributed by atoms with Crippen molar-refractivity contribution in [1.82, 2.24) is 5.32 Å². The van der Waals surface area contributed by atoms with Gasteiger partial charge in [0.2, 0.25) is 0 Å². The average Bonchev–Trinajstić information content (AvgIpc) is 3.17. The Morgan fingerprint density at radius 2 is 2.33 bits per heavy atom. The van der Waals surface area contributed by atoms with E-state index in [-0.39, 0.29) is 17.9 Å². The smallest absolute Gasteiger partial charge is 0.176 e. The Kier molecular flexibility index (Phi) is 3.63. The van der Waals surface area contributed by atoms with E-state index < -0.39 is 0 Å². The summed E-state index contributed by atoms with van der Waals surface area (Å²) in [5.74, 6) is 0.706. The highest BCUT2D eigenvalue weighted by atomic mass is 16.5. The zero-order valence-electron chi connectivity index (χ0n) is 10.4. The lowest BCUT2D eigenvalue weighted by Crippen LogP contribution is -2.35. The largest absolute Gasteiger partial charge is 0.497 e. The molecule has 0 spiro atoms. The van der Waals surface area contributed by atoms with Gasteiger partial charge >= 0.3 is 0 Å². The minimum atomic E-state index is -0.108. The van der Waals surface area contributed by atoms with Crippen LogP contribution in [0.1, 0.15) is 29.6 Å². The van der Waals surface area contributed by atoms with Gasteiger partial charge in [-0.15, -0.1) is 0 Å². The van der Waals surface area contributed by atoms with Gasteiger partial charge < -0.3 is 10.1 Å². The number of nitrogens with one attached hydrogen (secondary N) is 1. The monoisotopic (exact) mass is 244 g/mol. The number of rotatable bonds is 6. The summed E-state index contributed by atoms with van der Waals surface area (Å²) in [6.07, 6.45) is 2.43. The Hall–Kier alpha value is -1.86. The lowest BCUT2D eigenvalue weighted by molar-refractivity contribution is 0.0985. The van der Waals surface area contributed by atoms with E-state index in [2.05, 4.69) is 11.4 Å². The maximum atomic E-state index is 12.0. The van der Waals surface area contributed by atoms with Crippen molar-refractivity contribution < 1.29 is 9.53 Å². The molecule has 1 saturated carbocycles. The van der Waals surface area contributed by atoms with Crippen LogP contribution in [0, 0.1) is 11.3 Å². The maximum absolute atomic E-state index is 12.0. The summed E-state index contributed by atoms with van der Waals surface area (Å²) in [6.45, 7) is 0.273. The normalized spacial score (nSPS) is 15.8. The van der Waals surface area contributed by atoms with Crippen LogP contribution < -0.4 is 10.1 Å². The topological polar surface area (TPSA) is 62.1 Å². The van der Waals surface area contributed by atoms with E-state index >= 15 is 0 Å². The molecule has 18 heavy (non-hydrogen) atoms. The van der Waals surface area contributed by atoms with Gasteiger partial charge in [0, 0.05) is 11.1 Å². The number of nitriles is 1. The number of carbonyl (C=O) groups excluding carboxylic acids is 1. The molecular formula is C14H16N2O2. The van der Waals surface area contributed by atoms with Crippen molar-refractivity contribution in [2.75, 3.05) is 13.7 Å². The second kappa shape index (κ2) is 5.19. The standard InChI is InChI=1S/C14H16N2O2/c1-18-12-4-2-3-11(9-12)13(17)10-16-14(5-6-14)7-8-15/h2-4,9,16H,5-7,10H2,1H3. The Labute approximate surface area is 107 Å². The van der Waals surface area contributed by atoms with Gasteiger partial charge in [0.1, 0.15) is 5.75 Å². The van der Waals surface area contributed by atoms with Crippen molar-refractivity contribution in [3.63, 3.8) is 0 Å². The van der Waals surface area contributed by atoms with Crippen LogP contribution in [0.4, 0.5) is 0 Å². The van der Waals surface area contributed by atoms with E-state index in [9.17, 15) is 4.79 Å². The average molecular weight is 244 g/mol. The molecule has 0 aromatic heterocycles. The molecule has 0 bridgehead atoms. The summed E-state index contributed by atoms with van der Waals surface area (Å²) in [5.41, 5.74) is 0.526. The summed E-state index contributed by atoms with van der Waals surface area (Å²) in [5, 5.41) is 11.9. The van der Waals surface area contributed by atoms with Crippen LogP contribution in [-0.4, -0.2) is 25.0 Å². The highest BCUT2D eigenvalue weighted by Crippen LogP contribution is 2.38. The number of nitrogens with zero attached hydrogens (tertiary/aromatic N) is 1. The first kappa shape index (κ1) is 12.6. The molecule has 4 heteroatoms. The predicted octanol–water partition coefficient (Wildman–Crippen LogP) is 1.91. The Morgan fingerprint density at radius 1 is 1.56 bits per heavy atom. The zero-order valence-corrected chi connectivity index (χ0v) is 10.4. The number of hydrogen-bond donors (Lipinski definition) is 1. The molecule has 1 aromatic carbocycles. The quantitative estimate of drug-likeness (QED) is 0.776. The number of carbonyl (C=O) groups is 1. The van der Waals surface area contributed by atoms with E-state index in [1.165, 1.54) is 0 Å². The molecule has 1 N–H and O–H groups in total. The molecule has 1 fully saturated rings. The van der Waals surface area contributed by atoms with Crippen molar-refractivity contribution >= 4 is 5.78 Å². The molecule has 0 aliphatic heterocycles. The Bertz CT molecular complexity index is 487. The number of ketones is 1. The summed E-state index contributed by atoms with van der Waals surface area (Å²) >= 11 is 0. The third kappa shape index (κ3) is 2.88. The van der Waals surface area contributed by atoms with Crippen molar-refractivity contribution in [3.05, 3.63) is 29.8 Å². The molecule has 4 nitrogen and oxygen atoms in total. The Morgan fingerprint density at radius 3 is 2.94 bits per heavy atom. The fourth-order valence-electron chi connectivity index (χ4n) is 1.88. The molecule has 0 unspecified atom stereocenters. The number of methoxy groups -OCH3 is 1.